The van der Waals surface area contributed by atoms with Crippen LogP contribution < -0.4 is 9.47 Å². The summed E-state index contributed by atoms with van der Waals surface area (Å²) >= 11 is 0. The maximum absolute atomic E-state index is 12.6. The Morgan fingerprint density at radius 1 is 0.829 bits per heavy atom. The van der Waals surface area contributed by atoms with Gasteiger partial charge in [-0.15, -0.1) is 0 Å². The van der Waals surface area contributed by atoms with Crippen molar-refractivity contribution in [1.29, 1.82) is 0 Å². The SMILES string of the molecule is Cc1c(C)c2c(c(C)c1OC(=O)CC(=O)OC(C)(C)C)CC[C@](C)(CCC[C@H](C)CCC[C@H](C)CCCC(C)C)O2. The minimum absolute atomic E-state index is 0.184. The fourth-order valence-corrected chi connectivity index (χ4v) is 6.06. The number of ether oxygens (including phenoxy) is 3. The fourth-order valence-electron chi connectivity index (χ4n) is 6.06. The number of carbonyl (C=O) groups excluding carboxylic acids is 2. The van der Waals surface area contributed by atoms with E-state index in [2.05, 4.69) is 34.6 Å². The molecule has 0 amide bonds. The second kappa shape index (κ2) is 15.4. The van der Waals surface area contributed by atoms with E-state index in [0.717, 1.165) is 65.0 Å². The Hall–Kier alpha value is -2.04. The lowest BCUT2D eigenvalue weighted by Gasteiger charge is -2.38. The molecule has 1 aliphatic rings. The van der Waals surface area contributed by atoms with Gasteiger partial charge in [0, 0.05) is 5.56 Å². The highest BCUT2D eigenvalue weighted by atomic mass is 16.6. The standard InChI is InChI=1S/C36H60O5/c1-24(2)15-12-16-25(3)17-13-18-26(4)19-14-21-36(11)22-20-30-29(7)33(27(5)28(6)34(30)41-36)39-31(37)23-32(38)40-35(8,9)10/h24-26H,12-23H2,1-11H3/t25-,26-,36+/m1/s1. The van der Waals surface area contributed by atoms with Gasteiger partial charge in [-0.05, 0) is 109 Å². The highest BCUT2D eigenvalue weighted by Crippen LogP contribution is 2.45. The zero-order valence-corrected chi connectivity index (χ0v) is 28.3. The second-order valence-corrected chi connectivity index (χ2v) is 14.7. The van der Waals surface area contributed by atoms with Gasteiger partial charge in [-0.1, -0.05) is 72.6 Å². The van der Waals surface area contributed by atoms with Crippen molar-refractivity contribution in [2.75, 3.05) is 0 Å². The lowest BCUT2D eigenvalue weighted by atomic mass is 9.83. The van der Waals surface area contributed by atoms with Crippen molar-refractivity contribution in [3.8, 4) is 11.5 Å². The monoisotopic (exact) mass is 572 g/mol. The first-order valence-corrected chi connectivity index (χ1v) is 16.3. The van der Waals surface area contributed by atoms with E-state index in [0.29, 0.717) is 5.75 Å². The molecule has 1 aromatic rings. The van der Waals surface area contributed by atoms with Crippen LogP contribution in [0, 0.1) is 38.5 Å². The molecule has 0 bridgehead atoms. The average Bonchev–Trinajstić information content (AvgIpc) is 2.83. The summed E-state index contributed by atoms with van der Waals surface area (Å²) in [5, 5.41) is 0. The average molecular weight is 573 g/mol. The number of rotatable bonds is 15. The third-order valence-corrected chi connectivity index (χ3v) is 8.76. The summed E-state index contributed by atoms with van der Waals surface area (Å²) in [7, 11) is 0. The van der Waals surface area contributed by atoms with Crippen LogP contribution in [0.4, 0.5) is 0 Å². The maximum atomic E-state index is 12.6. The van der Waals surface area contributed by atoms with Crippen molar-refractivity contribution >= 4 is 11.9 Å². The van der Waals surface area contributed by atoms with Gasteiger partial charge in [0.2, 0.25) is 0 Å². The van der Waals surface area contributed by atoms with Crippen LogP contribution in [0.2, 0.25) is 0 Å². The smallest absolute Gasteiger partial charge is 0.322 e. The Labute approximate surface area is 251 Å². The minimum Gasteiger partial charge on any atom is -0.487 e. The highest BCUT2D eigenvalue weighted by molar-refractivity contribution is 5.92. The molecule has 0 fully saturated rings. The summed E-state index contributed by atoms with van der Waals surface area (Å²) in [6.45, 7) is 23.0. The van der Waals surface area contributed by atoms with Crippen molar-refractivity contribution in [2.24, 2.45) is 17.8 Å². The number of carbonyl (C=O) groups is 2. The number of fused-ring (bicyclic) bond motifs is 1. The molecule has 0 aromatic heterocycles. The van der Waals surface area contributed by atoms with Crippen LogP contribution in [0.15, 0.2) is 0 Å². The van der Waals surface area contributed by atoms with Crippen molar-refractivity contribution in [3.63, 3.8) is 0 Å². The Kier molecular flexibility index (Phi) is 13.2. The van der Waals surface area contributed by atoms with Gasteiger partial charge in [0.25, 0.3) is 0 Å². The van der Waals surface area contributed by atoms with E-state index in [9.17, 15) is 9.59 Å². The first-order valence-electron chi connectivity index (χ1n) is 16.3. The van der Waals surface area contributed by atoms with Gasteiger partial charge in [-0.25, -0.2) is 0 Å². The first kappa shape index (κ1) is 35.2. The number of benzene rings is 1. The number of hydrogen-bond acceptors (Lipinski definition) is 5. The summed E-state index contributed by atoms with van der Waals surface area (Å²) in [4.78, 5) is 24.7. The van der Waals surface area contributed by atoms with Crippen LogP contribution >= 0.6 is 0 Å². The molecule has 0 unspecified atom stereocenters. The molecule has 1 heterocycles. The van der Waals surface area contributed by atoms with Gasteiger partial charge in [-0.3, -0.25) is 9.59 Å². The number of esters is 2. The Balaban J connectivity index is 1.90. The van der Waals surface area contributed by atoms with Gasteiger partial charge >= 0.3 is 11.9 Å². The molecule has 5 nitrogen and oxygen atoms in total. The van der Waals surface area contributed by atoms with Crippen LogP contribution in [0.3, 0.4) is 0 Å². The van der Waals surface area contributed by atoms with Gasteiger partial charge in [0.1, 0.15) is 29.1 Å². The van der Waals surface area contributed by atoms with Gasteiger partial charge in [0.15, 0.2) is 0 Å². The Bertz CT molecular complexity index is 1020. The normalized spacial score (nSPS) is 18.4. The van der Waals surface area contributed by atoms with Crippen molar-refractivity contribution in [3.05, 3.63) is 22.3 Å². The minimum atomic E-state index is -0.640. The first-order chi connectivity index (χ1) is 19.0. The van der Waals surface area contributed by atoms with Gasteiger partial charge in [0.05, 0.1) is 0 Å². The van der Waals surface area contributed by atoms with E-state index in [1.807, 2.05) is 20.8 Å². The molecule has 0 radical (unpaired) electrons. The molecular formula is C36H60O5. The fraction of sp³-hybridized carbons (Fsp3) is 0.778. The number of hydrogen-bond donors (Lipinski definition) is 0. The van der Waals surface area contributed by atoms with Crippen molar-refractivity contribution < 1.29 is 23.8 Å². The molecule has 0 N–H and O–H groups in total. The van der Waals surface area contributed by atoms with E-state index in [1.54, 1.807) is 20.8 Å². The molecule has 0 saturated carbocycles. The molecule has 0 spiro atoms. The molecule has 3 atom stereocenters. The second-order valence-electron chi connectivity index (χ2n) is 14.7. The predicted molar refractivity (Wildman–Crippen MR) is 169 cm³/mol. The Morgan fingerprint density at radius 3 is 1.95 bits per heavy atom. The van der Waals surface area contributed by atoms with Crippen LogP contribution in [0.1, 0.15) is 148 Å². The van der Waals surface area contributed by atoms with Crippen LogP contribution in [0.25, 0.3) is 0 Å². The van der Waals surface area contributed by atoms with Crippen molar-refractivity contribution in [2.45, 2.75) is 164 Å². The maximum Gasteiger partial charge on any atom is 0.322 e. The van der Waals surface area contributed by atoms with Crippen LogP contribution in [-0.2, 0) is 20.7 Å². The van der Waals surface area contributed by atoms with Crippen LogP contribution in [-0.4, -0.2) is 23.1 Å². The van der Waals surface area contributed by atoms with Crippen molar-refractivity contribution in [1.82, 2.24) is 0 Å². The summed E-state index contributed by atoms with van der Waals surface area (Å²) in [5.41, 5.74) is 3.11. The third-order valence-electron chi connectivity index (χ3n) is 8.76. The highest BCUT2D eigenvalue weighted by Gasteiger charge is 2.35. The topological polar surface area (TPSA) is 61.8 Å². The van der Waals surface area contributed by atoms with E-state index in [1.165, 1.54) is 51.4 Å². The molecule has 0 saturated heterocycles. The summed E-state index contributed by atoms with van der Waals surface area (Å²) < 4.78 is 17.7. The molecule has 1 aromatic carbocycles. The molecule has 5 heteroatoms. The molecule has 41 heavy (non-hydrogen) atoms. The molecule has 0 aliphatic carbocycles. The summed E-state index contributed by atoms with van der Waals surface area (Å²) in [5.74, 6) is 2.74. The van der Waals surface area contributed by atoms with E-state index < -0.39 is 24.0 Å². The largest absolute Gasteiger partial charge is 0.487 e. The van der Waals surface area contributed by atoms with E-state index >= 15 is 0 Å². The van der Waals surface area contributed by atoms with Crippen LogP contribution in [0.5, 0.6) is 11.5 Å². The van der Waals surface area contributed by atoms with Gasteiger partial charge in [-0.2, -0.15) is 0 Å². The van der Waals surface area contributed by atoms with Gasteiger partial charge < -0.3 is 14.2 Å². The molecule has 234 valence electrons. The quantitative estimate of drug-likeness (QED) is 0.119. The molecule has 2 rings (SSSR count). The Morgan fingerprint density at radius 2 is 1.39 bits per heavy atom. The lowest BCUT2D eigenvalue weighted by molar-refractivity contribution is -0.158. The summed E-state index contributed by atoms with van der Waals surface area (Å²) in [6.07, 6.45) is 13.0. The molecular weight excluding hydrogens is 512 g/mol. The molecule has 1 aliphatic heterocycles. The van der Waals surface area contributed by atoms with E-state index in [-0.39, 0.29) is 5.60 Å². The zero-order chi connectivity index (χ0) is 31.0. The predicted octanol–water partition coefficient (Wildman–Crippen LogP) is 9.77. The lowest BCUT2D eigenvalue weighted by Crippen LogP contribution is -2.37. The zero-order valence-electron chi connectivity index (χ0n) is 28.3. The third kappa shape index (κ3) is 11.6. The summed E-state index contributed by atoms with van der Waals surface area (Å²) in [6, 6.07) is 0. The van der Waals surface area contributed by atoms with E-state index in [4.69, 9.17) is 14.2 Å².